The molecule has 1 aromatic carbocycles. The van der Waals surface area contributed by atoms with Gasteiger partial charge in [-0.2, -0.15) is 0 Å². The van der Waals surface area contributed by atoms with Crippen molar-refractivity contribution >= 4 is 63.0 Å². The van der Waals surface area contributed by atoms with Gasteiger partial charge in [-0.1, -0.05) is 29.3 Å². The number of benzene rings is 1. The van der Waals surface area contributed by atoms with Gasteiger partial charge in [0.05, 0.1) is 31.6 Å². The number of rotatable bonds is 9. The van der Waals surface area contributed by atoms with Crippen LogP contribution < -0.4 is 10.6 Å². The van der Waals surface area contributed by atoms with Crippen molar-refractivity contribution in [3.05, 3.63) is 33.8 Å². The monoisotopic (exact) mass is 537 g/mol. The van der Waals surface area contributed by atoms with Gasteiger partial charge in [0.2, 0.25) is 0 Å². The fourth-order valence-corrected chi connectivity index (χ4v) is 2.98. The molecule has 0 saturated carbocycles. The van der Waals surface area contributed by atoms with E-state index in [2.05, 4.69) is 15.6 Å². The minimum Gasteiger partial charge on any atom is -0.378 e. The number of hydrogen-bond acceptors (Lipinski definition) is 4. The van der Waals surface area contributed by atoms with Crippen LogP contribution in [0.25, 0.3) is 0 Å². The number of sulfone groups is 1. The Kier molecular flexibility index (Phi) is 12.8. The molecule has 0 aliphatic heterocycles. The lowest BCUT2D eigenvalue weighted by Gasteiger charge is -2.19. The first kappa shape index (κ1) is 25.7. The van der Waals surface area contributed by atoms with Gasteiger partial charge < -0.3 is 15.4 Å². The van der Waals surface area contributed by atoms with Crippen molar-refractivity contribution in [2.45, 2.75) is 19.9 Å². The molecule has 0 aliphatic rings. The second-order valence-corrected chi connectivity index (χ2v) is 8.64. The van der Waals surface area contributed by atoms with E-state index in [1.54, 1.807) is 12.1 Å². The second-order valence-electron chi connectivity index (χ2n) is 5.53. The van der Waals surface area contributed by atoms with Gasteiger partial charge in [0.15, 0.2) is 5.96 Å². The Labute approximate surface area is 183 Å². The molecule has 0 fully saturated rings. The van der Waals surface area contributed by atoms with Gasteiger partial charge in [-0.15, -0.1) is 24.0 Å². The Morgan fingerprint density at radius 2 is 2.00 bits per heavy atom. The second kappa shape index (κ2) is 13.0. The molecular formula is C16H26Cl2IN3O3S. The summed E-state index contributed by atoms with van der Waals surface area (Å²) in [5.41, 5.74) is 0.918. The third-order valence-corrected chi connectivity index (χ3v) is 4.70. The highest BCUT2D eigenvalue weighted by atomic mass is 127. The first-order valence-corrected chi connectivity index (χ1v) is 10.8. The molecule has 0 aromatic heterocycles. The lowest BCUT2D eigenvalue weighted by atomic mass is 10.1. The van der Waals surface area contributed by atoms with Gasteiger partial charge in [-0.05, 0) is 31.5 Å². The molecule has 10 heteroatoms. The van der Waals surface area contributed by atoms with Crippen molar-refractivity contribution < 1.29 is 13.2 Å². The maximum absolute atomic E-state index is 11.0. The van der Waals surface area contributed by atoms with Crippen molar-refractivity contribution in [2.75, 3.05) is 38.3 Å². The highest BCUT2D eigenvalue weighted by Gasteiger charge is 2.11. The molecule has 0 radical (unpaired) electrons. The summed E-state index contributed by atoms with van der Waals surface area (Å²) < 4.78 is 27.3. The molecule has 1 aromatic rings. The molecule has 0 heterocycles. The number of guanidine groups is 1. The molecular weight excluding hydrogens is 512 g/mol. The van der Waals surface area contributed by atoms with E-state index in [9.17, 15) is 8.42 Å². The standard InChI is InChI=1S/C16H25Cl2N3O3S.HI/c1-4-19-16(20-7-8-24-9-10-25(3,22)23)21-12(2)14-6-5-13(17)11-15(14)18;/h5-6,11-12H,4,7-10H2,1-3H3,(H2,19,20,21);1H. The van der Waals surface area contributed by atoms with Crippen molar-refractivity contribution in [1.29, 1.82) is 0 Å². The van der Waals surface area contributed by atoms with E-state index in [1.807, 2.05) is 19.9 Å². The van der Waals surface area contributed by atoms with E-state index in [-0.39, 0.29) is 42.4 Å². The number of ether oxygens (including phenoxy) is 1. The van der Waals surface area contributed by atoms with Crippen LogP contribution in [0, 0.1) is 0 Å². The Hall–Kier alpha value is -0.290. The molecule has 6 nitrogen and oxygen atoms in total. The largest absolute Gasteiger partial charge is 0.378 e. The number of hydrogen-bond donors (Lipinski definition) is 2. The summed E-state index contributed by atoms with van der Waals surface area (Å²) in [6, 6.07) is 5.31. The van der Waals surface area contributed by atoms with Crippen molar-refractivity contribution in [1.82, 2.24) is 10.6 Å². The van der Waals surface area contributed by atoms with Crippen molar-refractivity contribution in [3.8, 4) is 0 Å². The molecule has 1 rings (SSSR count). The van der Waals surface area contributed by atoms with Crippen molar-refractivity contribution in [2.24, 2.45) is 4.99 Å². The Balaban J connectivity index is 0.00000625. The van der Waals surface area contributed by atoms with Crippen molar-refractivity contribution in [3.63, 3.8) is 0 Å². The SMILES string of the molecule is CCNC(=NCCOCCS(C)(=O)=O)NC(C)c1ccc(Cl)cc1Cl.I. The maximum Gasteiger partial charge on any atom is 0.191 e. The Morgan fingerprint density at radius 1 is 1.31 bits per heavy atom. The molecule has 0 aliphatic carbocycles. The van der Waals surface area contributed by atoms with Gasteiger partial charge in [0.1, 0.15) is 9.84 Å². The number of nitrogens with one attached hydrogen (secondary N) is 2. The van der Waals surface area contributed by atoms with Crippen LogP contribution in [0.3, 0.4) is 0 Å². The fraction of sp³-hybridized carbons (Fsp3) is 0.562. The van der Waals surface area contributed by atoms with Gasteiger partial charge >= 0.3 is 0 Å². The minimum absolute atomic E-state index is 0. The molecule has 2 N–H and O–H groups in total. The van der Waals surface area contributed by atoms with E-state index in [4.69, 9.17) is 27.9 Å². The molecule has 0 amide bonds. The Bertz CT molecular complexity index is 687. The van der Waals surface area contributed by atoms with Crippen LogP contribution in [0.2, 0.25) is 10.0 Å². The van der Waals surface area contributed by atoms with Gasteiger partial charge in [-0.25, -0.2) is 8.42 Å². The summed E-state index contributed by atoms with van der Waals surface area (Å²) in [6.45, 7) is 5.60. The molecule has 26 heavy (non-hydrogen) atoms. The number of nitrogens with zero attached hydrogens (tertiary/aromatic N) is 1. The van der Waals surface area contributed by atoms with E-state index < -0.39 is 9.84 Å². The Morgan fingerprint density at radius 3 is 2.58 bits per heavy atom. The van der Waals surface area contributed by atoms with E-state index in [0.717, 1.165) is 5.56 Å². The summed E-state index contributed by atoms with van der Waals surface area (Å²) in [5, 5.41) is 7.60. The fourth-order valence-electron chi connectivity index (χ4n) is 1.99. The summed E-state index contributed by atoms with van der Waals surface area (Å²) >= 11 is 12.2. The van der Waals surface area contributed by atoms with E-state index >= 15 is 0 Å². The van der Waals surface area contributed by atoms with Crippen LogP contribution in [0.1, 0.15) is 25.5 Å². The molecule has 0 bridgehead atoms. The normalized spacial score (nSPS) is 13.0. The third-order valence-electron chi connectivity index (χ3n) is 3.23. The van der Waals surface area contributed by atoms with E-state index in [1.165, 1.54) is 6.26 Å². The predicted molar refractivity (Wildman–Crippen MR) is 120 cm³/mol. The summed E-state index contributed by atoms with van der Waals surface area (Å²) in [5.74, 6) is 0.647. The molecule has 1 atom stereocenters. The molecule has 150 valence electrons. The topological polar surface area (TPSA) is 79.8 Å². The van der Waals surface area contributed by atoms with Gasteiger partial charge in [0.25, 0.3) is 0 Å². The quantitative estimate of drug-likeness (QED) is 0.219. The number of halogens is 3. The summed E-state index contributed by atoms with van der Waals surface area (Å²) in [7, 11) is -3.00. The first-order chi connectivity index (χ1) is 11.7. The molecule has 0 spiro atoms. The van der Waals surface area contributed by atoms with Crippen LogP contribution in [0.5, 0.6) is 0 Å². The average Bonchev–Trinajstić information content (AvgIpc) is 2.49. The van der Waals surface area contributed by atoms with Gasteiger partial charge in [-0.3, -0.25) is 4.99 Å². The van der Waals surface area contributed by atoms with Crippen LogP contribution in [-0.2, 0) is 14.6 Å². The van der Waals surface area contributed by atoms with Crippen LogP contribution in [0.4, 0.5) is 0 Å². The zero-order valence-electron chi connectivity index (χ0n) is 15.1. The predicted octanol–water partition coefficient (Wildman–Crippen LogP) is 3.29. The first-order valence-electron chi connectivity index (χ1n) is 7.98. The van der Waals surface area contributed by atoms with E-state index in [0.29, 0.717) is 35.7 Å². The van der Waals surface area contributed by atoms with Crippen LogP contribution in [-0.4, -0.2) is 52.7 Å². The highest BCUT2D eigenvalue weighted by Crippen LogP contribution is 2.25. The lowest BCUT2D eigenvalue weighted by molar-refractivity contribution is 0.157. The van der Waals surface area contributed by atoms with Gasteiger partial charge in [0, 0.05) is 22.8 Å². The summed E-state index contributed by atoms with van der Waals surface area (Å²) in [6.07, 6.45) is 1.19. The zero-order chi connectivity index (χ0) is 18.9. The van der Waals surface area contributed by atoms with Crippen LogP contribution in [0.15, 0.2) is 23.2 Å². The summed E-state index contributed by atoms with van der Waals surface area (Å²) in [4.78, 5) is 4.41. The zero-order valence-corrected chi connectivity index (χ0v) is 19.7. The molecule has 0 saturated heterocycles. The smallest absolute Gasteiger partial charge is 0.191 e. The third kappa shape index (κ3) is 10.8. The number of aliphatic imine (C=N–C) groups is 1. The highest BCUT2D eigenvalue weighted by molar-refractivity contribution is 14.0. The average molecular weight is 538 g/mol. The maximum atomic E-state index is 11.0. The lowest BCUT2D eigenvalue weighted by Crippen LogP contribution is -2.39. The van der Waals surface area contributed by atoms with Crippen LogP contribution >= 0.6 is 47.2 Å². The minimum atomic E-state index is -3.00. The molecule has 1 unspecified atom stereocenters.